The average molecular weight is 383 g/mol. The number of non-ortho nitro benzene ring substituents is 1. The lowest BCUT2D eigenvalue weighted by atomic mass is 10.0. The monoisotopic (exact) mass is 382 g/mol. The van der Waals surface area contributed by atoms with E-state index in [1.54, 1.807) is 24.3 Å². The van der Waals surface area contributed by atoms with Crippen LogP contribution >= 0.6 is 15.9 Å². The van der Waals surface area contributed by atoms with Gasteiger partial charge in [0, 0.05) is 22.2 Å². The molecule has 0 bridgehead atoms. The zero-order valence-corrected chi connectivity index (χ0v) is 14.0. The van der Waals surface area contributed by atoms with Gasteiger partial charge in [0.2, 0.25) is 0 Å². The van der Waals surface area contributed by atoms with Crippen molar-refractivity contribution in [2.45, 2.75) is 0 Å². The third kappa shape index (κ3) is 4.22. The van der Waals surface area contributed by atoms with Crippen LogP contribution in [0, 0.1) is 33.8 Å². The van der Waals surface area contributed by atoms with Crippen LogP contribution in [0.4, 0.5) is 5.69 Å². The average Bonchev–Trinajstić information content (AvgIpc) is 2.59. The number of allylic oxidation sites excluding steroid dienone is 1. The molecule has 0 aliphatic rings. The van der Waals surface area contributed by atoms with E-state index in [0.29, 0.717) is 22.4 Å². The Hall–Kier alpha value is -3.09. The maximum Gasteiger partial charge on any atom is 0.269 e. The highest BCUT2D eigenvalue weighted by atomic mass is 79.9. The van der Waals surface area contributed by atoms with Gasteiger partial charge in [0.05, 0.1) is 16.6 Å². The highest BCUT2D eigenvalue weighted by Gasteiger charge is 2.09. The van der Waals surface area contributed by atoms with Crippen molar-refractivity contribution in [3.8, 4) is 24.2 Å². The number of hydrogen-bond donors (Lipinski definition) is 0. The Bertz CT molecular complexity index is 875. The number of terminal acetylenes is 1. The molecule has 0 aliphatic heterocycles. The minimum Gasteiger partial charge on any atom is -0.480 e. The number of nitriles is 1. The number of nitro groups is 1. The molecule has 5 nitrogen and oxygen atoms in total. The van der Waals surface area contributed by atoms with E-state index in [4.69, 9.17) is 11.2 Å². The normalized spacial score (nSPS) is 10.5. The van der Waals surface area contributed by atoms with Crippen LogP contribution in [0.5, 0.6) is 5.75 Å². The Morgan fingerprint density at radius 3 is 2.62 bits per heavy atom. The summed E-state index contributed by atoms with van der Waals surface area (Å²) in [5.41, 5.74) is 1.57. The maximum absolute atomic E-state index is 10.7. The Labute approximate surface area is 147 Å². The topological polar surface area (TPSA) is 76.2 Å². The molecule has 0 spiro atoms. The molecule has 0 saturated carbocycles. The van der Waals surface area contributed by atoms with Gasteiger partial charge in [0.15, 0.2) is 0 Å². The maximum atomic E-state index is 10.7. The molecule has 0 unspecified atom stereocenters. The van der Waals surface area contributed by atoms with Gasteiger partial charge in [-0.25, -0.2) is 0 Å². The van der Waals surface area contributed by atoms with Crippen molar-refractivity contribution >= 4 is 33.3 Å². The molecule has 0 N–H and O–H groups in total. The second-order valence-corrected chi connectivity index (χ2v) is 5.56. The third-order valence-corrected chi connectivity index (χ3v) is 3.59. The van der Waals surface area contributed by atoms with E-state index in [1.165, 1.54) is 24.3 Å². The van der Waals surface area contributed by atoms with Gasteiger partial charge in [-0.3, -0.25) is 10.1 Å². The van der Waals surface area contributed by atoms with Crippen LogP contribution < -0.4 is 4.74 Å². The molecule has 0 heterocycles. The van der Waals surface area contributed by atoms with E-state index >= 15 is 0 Å². The van der Waals surface area contributed by atoms with Crippen molar-refractivity contribution < 1.29 is 9.66 Å². The van der Waals surface area contributed by atoms with Crippen LogP contribution in [0.15, 0.2) is 46.9 Å². The summed E-state index contributed by atoms with van der Waals surface area (Å²) in [6, 6.07) is 13.2. The van der Waals surface area contributed by atoms with E-state index in [-0.39, 0.29) is 12.3 Å². The van der Waals surface area contributed by atoms with Crippen LogP contribution in [0.2, 0.25) is 0 Å². The Balaban J connectivity index is 2.43. The zero-order valence-electron chi connectivity index (χ0n) is 12.4. The van der Waals surface area contributed by atoms with Crippen LogP contribution in [0.3, 0.4) is 0 Å². The van der Waals surface area contributed by atoms with Crippen LogP contribution in [0.1, 0.15) is 11.1 Å². The molecule has 0 aliphatic carbocycles. The third-order valence-electron chi connectivity index (χ3n) is 3.09. The van der Waals surface area contributed by atoms with E-state index in [0.717, 1.165) is 4.47 Å². The van der Waals surface area contributed by atoms with Gasteiger partial charge >= 0.3 is 0 Å². The molecule has 2 rings (SSSR count). The van der Waals surface area contributed by atoms with E-state index in [2.05, 4.69) is 27.9 Å². The lowest BCUT2D eigenvalue weighted by molar-refractivity contribution is -0.384. The molecule has 0 amide bonds. The molecule has 0 fully saturated rings. The second-order valence-electron chi connectivity index (χ2n) is 4.65. The highest BCUT2D eigenvalue weighted by Crippen LogP contribution is 2.28. The fourth-order valence-corrected chi connectivity index (χ4v) is 2.36. The molecule has 0 aromatic heterocycles. The van der Waals surface area contributed by atoms with Crippen LogP contribution in [0.25, 0.3) is 11.6 Å². The lowest BCUT2D eigenvalue weighted by Crippen LogP contribution is -1.96. The quantitative estimate of drug-likeness (QED) is 0.252. The molecular weight excluding hydrogens is 372 g/mol. The number of nitrogens with zero attached hydrogens (tertiary/aromatic N) is 2. The smallest absolute Gasteiger partial charge is 0.269 e. The highest BCUT2D eigenvalue weighted by molar-refractivity contribution is 9.10. The van der Waals surface area contributed by atoms with Crippen molar-refractivity contribution in [2.75, 3.05) is 6.61 Å². The Kier molecular flexibility index (Phi) is 5.73. The van der Waals surface area contributed by atoms with Gasteiger partial charge in [-0.2, -0.15) is 5.26 Å². The molecule has 2 aromatic carbocycles. The van der Waals surface area contributed by atoms with Crippen molar-refractivity contribution in [3.05, 3.63) is 68.2 Å². The SMILES string of the molecule is C#CCOc1ccc(Br)cc1/C=C(\C#N)c1ccc([N+](=O)[O-])cc1. The summed E-state index contributed by atoms with van der Waals surface area (Å²) in [5, 5.41) is 20.1. The van der Waals surface area contributed by atoms with Gasteiger partial charge < -0.3 is 4.74 Å². The lowest BCUT2D eigenvalue weighted by Gasteiger charge is -2.08. The summed E-state index contributed by atoms with van der Waals surface area (Å²) in [4.78, 5) is 10.2. The van der Waals surface area contributed by atoms with Crippen LogP contribution in [-0.4, -0.2) is 11.5 Å². The summed E-state index contributed by atoms with van der Waals surface area (Å²) in [6.07, 6.45) is 6.86. The molecule has 24 heavy (non-hydrogen) atoms. The summed E-state index contributed by atoms with van der Waals surface area (Å²) in [5.74, 6) is 2.94. The molecule has 2 aromatic rings. The van der Waals surface area contributed by atoms with Crippen molar-refractivity contribution in [2.24, 2.45) is 0 Å². The number of hydrogen-bond acceptors (Lipinski definition) is 4. The minimum absolute atomic E-state index is 0.0310. The molecular formula is C18H11BrN2O3. The second kappa shape index (κ2) is 7.96. The predicted octanol–water partition coefficient (Wildman–Crippen LogP) is 4.43. The fourth-order valence-electron chi connectivity index (χ4n) is 1.98. The molecule has 6 heteroatoms. The van der Waals surface area contributed by atoms with Gasteiger partial charge in [-0.1, -0.05) is 21.9 Å². The summed E-state index contributed by atoms with van der Waals surface area (Å²) in [7, 11) is 0. The van der Waals surface area contributed by atoms with Crippen molar-refractivity contribution in [1.82, 2.24) is 0 Å². The van der Waals surface area contributed by atoms with Gasteiger partial charge in [-0.05, 0) is 42.0 Å². The molecule has 0 saturated heterocycles. The molecule has 0 radical (unpaired) electrons. The predicted molar refractivity (Wildman–Crippen MR) is 95.1 cm³/mol. The van der Waals surface area contributed by atoms with E-state index in [9.17, 15) is 15.4 Å². The van der Waals surface area contributed by atoms with Crippen molar-refractivity contribution in [3.63, 3.8) is 0 Å². The van der Waals surface area contributed by atoms with E-state index in [1.807, 2.05) is 0 Å². The zero-order chi connectivity index (χ0) is 17.5. The number of halogens is 1. The molecule has 0 atom stereocenters. The van der Waals surface area contributed by atoms with Gasteiger partial charge in [-0.15, -0.1) is 6.42 Å². The Morgan fingerprint density at radius 1 is 1.33 bits per heavy atom. The summed E-state index contributed by atoms with van der Waals surface area (Å²) >= 11 is 3.38. The summed E-state index contributed by atoms with van der Waals surface area (Å²) < 4.78 is 6.29. The number of ether oxygens (including phenoxy) is 1. The van der Waals surface area contributed by atoms with Crippen molar-refractivity contribution in [1.29, 1.82) is 5.26 Å². The van der Waals surface area contributed by atoms with Crippen LogP contribution in [-0.2, 0) is 0 Å². The fraction of sp³-hybridized carbons (Fsp3) is 0.0556. The number of benzene rings is 2. The number of rotatable bonds is 5. The first-order valence-electron chi connectivity index (χ1n) is 6.77. The number of nitro benzene ring substituents is 1. The van der Waals surface area contributed by atoms with E-state index < -0.39 is 4.92 Å². The first-order chi connectivity index (χ1) is 11.5. The largest absolute Gasteiger partial charge is 0.480 e. The standard InChI is InChI=1S/C18H11BrN2O3/c1-2-9-24-18-8-5-16(19)11-14(18)10-15(12-20)13-3-6-17(7-4-13)21(22)23/h1,3-8,10-11H,9H2/b15-10+. The van der Waals surface area contributed by atoms with Gasteiger partial charge in [0.25, 0.3) is 5.69 Å². The minimum atomic E-state index is -0.486. The molecule has 118 valence electrons. The first kappa shape index (κ1) is 17.3. The first-order valence-corrected chi connectivity index (χ1v) is 7.57. The summed E-state index contributed by atoms with van der Waals surface area (Å²) in [6.45, 7) is 0.113. The van der Waals surface area contributed by atoms with Gasteiger partial charge in [0.1, 0.15) is 12.4 Å². The Morgan fingerprint density at radius 2 is 2.04 bits per heavy atom.